The first-order valence-electron chi connectivity index (χ1n) is 9.76. The quantitative estimate of drug-likeness (QED) is 0.762. The topological polar surface area (TPSA) is 86.6 Å². The summed E-state index contributed by atoms with van der Waals surface area (Å²) in [6, 6.07) is 19.4. The first-order chi connectivity index (χ1) is 14.3. The zero-order valence-electron chi connectivity index (χ0n) is 16.0. The van der Waals surface area contributed by atoms with Gasteiger partial charge >= 0.3 is 0 Å². The van der Waals surface area contributed by atoms with Crippen molar-refractivity contribution in [1.82, 2.24) is 0 Å². The van der Waals surface area contributed by atoms with Crippen LogP contribution < -0.4 is 0 Å². The zero-order chi connectivity index (χ0) is 20.1. The molecule has 2 aromatic carbocycles. The molecule has 29 heavy (non-hydrogen) atoms. The van der Waals surface area contributed by atoms with Gasteiger partial charge in [-0.2, -0.15) is 0 Å². The van der Waals surface area contributed by atoms with E-state index in [1.54, 1.807) is 0 Å². The van der Waals surface area contributed by atoms with Crippen molar-refractivity contribution in [2.24, 2.45) is 0 Å². The van der Waals surface area contributed by atoms with Gasteiger partial charge in [0.15, 0.2) is 6.29 Å². The van der Waals surface area contributed by atoms with E-state index in [2.05, 4.69) is 0 Å². The molecule has 2 aromatic rings. The predicted molar refractivity (Wildman–Crippen MR) is 103 cm³/mol. The standard InChI is InChI=1S/C22H26O7/c23-11-17(24)19-21(25-12-15-7-3-1-4-8-15)20-18(27-14-28-19)13-26-22(29-20)16-9-5-2-6-10-16/h1-10,17-24H,11-14H2/t17-,18-,19+,20+,21+,22?/m0/s1. The van der Waals surface area contributed by atoms with E-state index < -0.39 is 43.4 Å². The third-order valence-electron chi connectivity index (χ3n) is 5.17. The van der Waals surface area contributed by atoms with Crippen molar-refractivity contribution in [1.29, 1.82) is 0 Å². The Balaban J connectivity index is 1.57. The van der Waals surface area contributed by atoms with Crippen molar-refractivity contribution in [2.75, 3.05) is 20.0 Å². The lowest BCUT2D eigenvalue weighted by Crippen LogP contribution is -2.54. The van der Waals surface area contributed by atoms with Crippen LogP contribution >= 0.6 is 0 Å². The Hall–Kier alpha value is -1.84. The summed E-state index contributed by atoms with van der Waals surface area (Å²) in [7, 11) is 0. The molecule has 4 rings (SSSR count). The normalized spacial score (nSPS) is 30.9. The summed E-state index contributed by atoms with van der Waals surface area (Å²) in [6.45, 7) is 0.121. The first-order valence-corrected chi connectivity index (χ1v) is 9.76. The van der Waals surface area contributed by atoms with E-state index >= 15 is 0 Å². The molecule has 1 unspecified atom stereocenters. The Kier molecular flexibility index (Phi) is 6.89. The number of fused-ring (bicyclic) bond motifs is 1. The van der Waals surface area contributed by atoms with Crippen LogP contribution in [0.3, 0.4) is 0 Å². The van der Waals surface area contributed by atoms with Gasteiger partial charge in [-0.25, -0.2) is 0 Å². The molecule has 0 spiro atoms. The second kappa shape index (κ2) is 9.77. The predicted octanol–water partition coefficient (Wildman–Crippen LogP) is 1.78. The van der Waals surface area contributed by atoms with Gasteiger partial charge in [0.05, 0.1) is 19.8 Å². The fourth-order valence-electron chi connectivity index (χ4n) is 3.64. The minimum atomic E-state index is -1.13. The Morgan fingerprint density at radius 2 is 1.69 bits per heavy atom. The highest BCUT2D eigenvalue weighted by atomic mass is 16.8. The maximum Gasteiger partial charge on any atom is 0.184 e. The van der Waals surface area contributed by atoms with Crippen LogP contribution in [0, 0.1) is 0 Å². The van der Waals surface area contributed by atoms with Gasteiger partial charge in [-0.3, -0.25) is 0 Å². The van der Waals surface area contributed by atoms with Gasteiger partial charge in [-0.05, 0) is 5.56 Å². The molecule has 2 heterocycles. The molecule has 0 amide bonds. The summed E-state index contributed by atoms with van der Waals surface area (Å²) < 4.78 is 29.7. The second-order valence-corrected chi connectivity index (χ2v) is 7.14. The minimum Gasteiger partial charge on any atom is -0.394 e. The number of ether oxygens (including phenoxy) is 5. The molecule has 7 heteroatoms. The monoisotopic (exact) mass is 402 g/mol. The average molecular weight is 402 g/mol. The van der Waals surface area contributed by atoms with Gasteiger partial charge < -0.3 is 33.9 Å². The largest absolute Gasteiger partial charge is 0.394 e. The summed E-state index contributed by atoms with van der Waals surface area (Å²) >= 11 is 0. The molecule has 0 radical (unpaired) electrons. The molecular weight excluding hydrogens is 376 g/mol. The molecule has 0 aliphatic carbocycles. The van der Waals surface area contributed by atoms with Crippen LogP contribution in [0.1, 0.15) is 17.4 Å². The first kappa shape index (κ1) is 20.4. The Bertz CT molecular complexity index is 741. The molecule has 2 N–H and O–H groups in total. The summed E-state index contributed by atoms with van der Waals surface area (Å²) in [6.07, 6.45) is -4.10. The third kappa shape index (κ3) is 4.84. The van der Waals surface area contributed by atoms with E-state index in [1.165, 1.54) is 0 Å². The number of benzene rings is 2. The lowest BCUT2D eigenvalue weighted by molar-refractivity contribution is -0.285. The summed E-state index contributed by atoms with van der Waals surface area (Å²) in [4.78, 5) is 0. The summed E-state index contributed by atoms with van der Waals surface area (Å²) in [5, 5.41) is 19.9. The molecule has 7 nitrogen and oxygen atoms in total. The van der Waals surface area contributed by atoms with Gasteiger partial charge in [0, 0.05) is 5.56 Å². The van der Waals surface area contributed by atoms with E-state index in [4.69, 9.17) is 23.7 Å². The minimum absolute atomic E-state index is 0.0448. The maximum absolute atomic E-state index is 10.4. The highest BCUT2D eigenvalue weighted by molar-refractivity contribution is 5.17. The van der Waals surface area contributed by atoms with Gasteiger partial charge in [-0.15, -0.1) is 0 Å². The van der Waals surface area contributed by atoms with Crippen LogP contribution in [0.2, 0.25) is 0 Å². The van der Waals surface area contributed by atoms with Gasteiger partial charge in [0.25, 0.3) is 0 Å². The van der Waals surface area contributed by atoms with E-state index in [1.807, 2.05) is 60.7 Å². The third-order valence-corrected chi connectivity index (χ3v) is 5.17. The van der Waals surface area contributed by atoms with E-state index in [9.17, 15) is 10.2 Å². The fraction of sp³-hybridized carbons (Fsp3) is 0.455. The molecule has 2 aliphatic rings. The zero-order valence-corrected chi connectivity index (χ0v) is 16.0. The van der Waals surface area contributed by atoms with Crippen molar-refractivity contribution in [3.05, 3.63) is 71.8 Å². The van der Waals surface area contributed by atoms with Gasteiger partial charge in [0.2, 0.25) is 0 Å². The highest BCUT2D eigenvalue weighted by Crippen LogP contribution is 2.34. The molecule has 0 bridgehead atoms. The van der Waals surface area contributed by atoms with Crippen LogP contribution in [0.25, 0.3) is 0 Å². The van der Waals surface area contributed by atoms with Crippen molar-refractivity contribution in [3.8, 4) is 0 Å². The molecular formula is C22H26O7. The van der Waals surface area contributed by atoms with Crippen molar-refractivity contribution in [2.45, 2.75) is 43.4 Å². The Morgan fingerprint density at radius 3 is 2.41 bits per heavy atom. The lowest BCUT2D eigenvalue weighted by atomic mass is 9.98. The average Bonchev–Trinajstić information content (AvgIpc) is 2.97. The molecule has 156 valence electrons. The van der Waals surface area contributed by atoms with E-state index in [0.29, 0.717) is 13.2 Å². The number of aliphatic hydroxyl groups excluding tert-OH is 2. The van der Waals surface area contributed by atoms with Gasteiger partial charge in [-0.1, -0.05) is 60.7 Å². The van der Waals surface area contributed by atoms with Crippen LogP contribution in [0.15, 0.2) is 60.7 Å². The maximum atomic E-state index is 10.4. The van der Waals surface area contributed by atoms with Crippen molar-refractivity contribution < 1.29 is 33.9 Å². The lowest BCUT2D eigenvalue weighted by Gasteiger charge is -2.40. The molecule has 0 aromatic heterocycles. The number of hydrogen-bond acceptors (Lipinski definition) is 7. The highest BCUT2D eigenvalue weighted by Gasteiger charge is 2.47. The summed E-state index contributed by atoms with van der Waals surface area (Å²) in [5.41, 5.74) is 1.87. The molecule has 2 aliphatic heterocycles. The molecule has 0 saturated carbocycles. The second-order valence-electron chi connectivity index (χ2n) is 7.14. The number of hydrogen-bond donors (Lipinski definition) is 2. The Labute approximate surface area is 169 Å². The fourth-order valence-corrected chi connectivity index (χ4v) is 3.64. The molecule has 2 fully saturated rings. The van der Waals surface area contributed by atoms with Crippen molar-refractivity contribution >= 4 is 0 Å². The van der Waals surface area contributed by atoms with E-state index in [-0.39, 0.29) is 6.79 Å². The van der Waals surface area contributed by atoms with Crippen LogP contribution in [-0.2, 0) is 30.3 Å². The van der Waals surface area contributed by atoms with Crippen LogP contribution in [0.5, 0.6) is 0 Å². The van der Waals surface area contributed by atoms with E-state index in [0.717, 1.165) is 11.1 Å². The SMILES string of the molecule is OC[C@H](O)[C@H]1OCO[C@H]2COC(c3ccccc3)O[C@H]2[C@@H]1OCc1ccccc1. The van der Waals surface area contributed by atoms with Gasteiger partial charge in [0.1, 0.15) is 37.3 Å². The number of rotatable bonds is 6. The number of aliphatic hydroxyl groups is 2. The van der Waals surface area contributed by atoms with Crippen LogP contribution in [-0.4, -0.2) is 60.7 Å². The Morgan fingerprint density at radius 1 is 0.966 bits per heavy atom. The smallest absolute Gasteiger partial charge is 0.184 e. The van der Waals surface area contributed by atoms with Crippen molar-refractivity contribution in [3.63, 3.8) is 0 Å². The summed E-state index contributed by atoms with van der Waals surface area (Å²) in [5.74, 6) is 0. The van der Waals surface area contributed by atoms with Crippen LogP contribution in [0.4, 0.5) is 0 Å². The molecule has 6 atom stereocenters. The molecule has 2 saturated heterocycles.